The maximum Gasteiger partial charge on any atom is 0.573 e. The number of nitrogens with zero attached hydrogens (tertiary/aromatic N) is 2. The minimum atomic E-state index is -4.77. The second-order valence-electron chi connectivity index (χ2n) is 10.2. The van der Waals surface area contributed by atoms with Gasteiger partial charge in [0.05, 0.1) is 85.0 Å². The number of carbonyl (C=O) groups excluding carboxylic acids is 1. The van der Waals surface area contributed by atoms with Crippen molar-refractivity contribution < 1.29 is 61.0 Å². The fourth-order valence-corrected chi connectivity index (χ4v) is 4.06. The summed E-state index contributed by atoms with van der Waals surface area (Å²) in [6.45, 7) is 5.11. The van der Waals surface area contributed by atoms with Crippen LogP contribution in [0.5, 0.6) is 5.75 Å². The van der Waals surface area contributed by atoms with E-state index in [0.717, 1.165) is 0 Å². The van der Waals surface area contributed by atoms with Gasteiger partial charge in [-0.05, 0) is 36.4 Å². The predicted molar refractivity (Wildman–Crippen MR) is 177 cm³/mol. The zero-order chi connectivity index (χ0) is 36.6. The van der Waals surface area contributed by atoms with E-state index in [4.69, 9.17) is 33.5 Å². The molecule has 0 bridgehead atoms. The normalized spacial score (nSPS) is 11.3. The van der Waals surface area contributed by atoms with Crippen LogP contribution >= 0.6 is 0 Å². The average molecular weight is 726 g/mol. The third kappa shape index (κ3) is 18.8. The molecule has 3 rings (SSSR count). The second-order valence-corrected chi connectivity index (χ2v) is 10.2. The van der Waals surface area contributed by atoms with Crippen LogP contribution in [0.4, 0.5) is 29.5 Å². The van der Waals surface area contributed by atoms with Gasteiger partial charge >= 0.3 is 12.5 Å². The van der Waals surface area contributed by atoms with Crippen molar-refractivity contribution in [3.05, 3.63) is 66.5 Å². The number of amides is 2. The Morgan fingerprint density at radius 1 is 0.667 bits per heavy atom. The topological polar surface area (TPSA) is 181 Å². The molecule has 0 spiro atoms. The van der Waals surface area contributed by atoms with Crippen molar-refractivity contribution in [1.82, 2.24) is 20.6 Å². The first-order valence-electron chi connectivity index (χ1n) is 16.0. The molecule has 0 unspecified atom stereocenters. The quantitative estimate of drug-likeness (QED) is 0.0877. The Morgan fingerprint density at radius 3 is 1.73 bits per heavy atom. The number of carbonyl (C=O) groups is 2. The van der Waals surface area contributed by atoms with E-state index >= 15 is 0 Å². The van der Waals surface area contributed by atoms with Crippen molar-refractivity contribution in [2.45, 2.75) is 6.36 Å². The molecule has 0 fully saturated rings. The predicted octanol–water partition coefficient (Wildman–Crippen LogP) is 3.88. The molecule has 0 aliphatic carbocycles. The molecule has 51 heavy (non-hydrogen) atoms. The number of halogens is 3. The molecule has 280 valence electrons. The number of hydrogen-bond acceptors (Lipinski definition) is 12. The van der Waals surface area contributed by atoms with Crippen LogP contribution in [0.3, 0.4) is 0 Å². The number of benzene rings is 2. The lowest BCUT2D eigenvalue weighted by molar-refractivity contribution is -0.274. The molecule has 0 aliphatic rings. The van der Waals surface area contributed by atoms with E-state index in [1.807, 2.05) is 0 Å². The van der Waals surface area contributed by atoms with Crippen LogP contribution in [0.25, 0.3) is 11.3 Å². The van der Waals surface area contributed by atoms with Crippen LogP contribution in [0.1, 0.15) is 10.4 Å². The molecule has 18 heteroatoms. The van der Waals surface area contributed by atoms with E-state index in [2.05, 4.69) is 30.7 Å². The molecular weight excluding hydrogens is 683 g/mol. The van der Waals surface area contributed by atoms with Gasteiger partial charge in [-0.15, -0.1) is 13.2 Å². The number of nitrogens with one attached hydrogen (secondary N) is 3. The Morgan fingerprint density at radius 2 is 1.20 bits per heavy atom. The van der Waals surface area contributed by atoms with Crippen molar-refractivity contribution in [2.75, 3.05) is 97.7 Å². The number of aromatic nitrogens is 2. The number of anilines is 2. The lowest BCUT2D eigenvalue weighted by Crippen LogP contribution is -2.27. The van der Waals surface area contributed by atoms with Crippen molar-refractivity contribution in [1.29, 1.82) is 0 Å². The van der Waals surface area contributed by atoms with E-state index in [1.165, 1.54) is 30.6 Å². The molecule has 3 aromatic rings. The molecule has 1 heterocycles. The molecule has 4 N–H and O–H groups in total. The first-order chi connectivity index (χ1) is 24.7. The fraction of sp³-hybridized carbons (Fsp3) is 0.455. The first kappa shape index (κ1) is 40.8. The highest BCUT2D eigenvalue weighted by Gasteiger charge is 2.31. The smallest absolute Gasteiger partial charge is 0.465 e. The fourth-order valence-electron chi connectivity index (χ4n) is 4.06. The lowest BCUT2D eigenvalue weighted by Gasteiger charge is -2.11. The van der Waals surface area contributed by atoms with Gasteiger partial charge in [0, 0.05) is 36.0 Å². The summed E-state index contributed by atoms with van der Waals surface area (Å²) >= 11 is 0. The summed E-state index contributed by atoms with van der Waals surface area (Å²) in [5.41, 5.74) is 2.12. The van der Waals surface area contributed by atoms with Gasteiger partial charge < -0.3 is 54.2 Å². The third-order valence-corrected chi connectivity index (χ3v) is 6.36. The second kappa shape index (κ2) is 23.7. The maximum atomic E-state index is 12.7. The van der Waals surface area contributed by atoms with E-state index < -0.39 is 12.5 Å². The van der Waals surface area contributed by atoms with Crippen molar-refractivity contribution in [2.24, 2.45) is 0 Å². The molecule has 15 nitrogen and oxygen atoms in total. The van der Waals surface area contributed by atoms with Gasteiger partial charge in [0.1, 0.15) is 17.9 Å². The summed E-state index contributed by atoms with van der Waals surface area (Å²) in [7, 11) is 0. The van der Waals surface area contributed by atoms with Gasteiger partial charge in [-0.1, -0.05) is 12.1 Å². The molecule has 2 amide bonds. The summed E-state index contributed by atoms with van der Waals surface area (Å²) in [6, 6.07) is 13.8. The van der Waals surface area contributed by atoms with Gasteiger partial charge in [0.15, 0.2) is 0 Å². The summed E-state index contributed by atoms with van der Waals surface area (Å²) in [6.07, 6.45) is -4.52. The van der Waals surface area contributed by atoms with Crippen LogP contribution < -0.4 is 20.7 Å². The van der Waals surface area contributed by atoms with Crippen LogP contribution in [-0.2, 0) is 28.4 Å². The lowest BCUT2D eigenvalue weighted by atomic mass is 10.1. The van der Waals surface area contributed by atoms with Crippen molar-refractivity contribution in [3.8, 4) is 17.0 Å². The van der Waals surface area contributed by atoms with Crippen molar-refractivity contribution >= 4 is 23.5 Å². The zero-order valence-electron chi connectivity index (χ0n) is 27.8. The standard InChI is InChI=1S/C33H42F3N5O10/c34-33(35,36)51-28-6-4-27(5-7-28)41-30-23-29(39-24-40-30)25-2-1-3-26(22-25)31(42)37-8-10-45-12-14-47-16-18-49-20-21-50-19-17-48-15-13-46-11-9-38-32(43)44/h1-7,22-24,38H,8-21H2,(H,37,42)(H,43,44)(H,39,40,41). The third-order valence-electron chi connectivity index (χ3n) is 6.36. The Labute approximate surface area is 292 Å². The minimum Gasteiger partial charge on any atom is -0.465 e. The number of carboxylic acid groups (broad SMARTS) is 1. The molecule has 0 atom stereocenters. The first-order valence-corrected chi connectivity index (χ1v) is 16.0. The van der Waals surface area contributed by atoms with Gasteiger partial charge in [0.2, 0.25) is 0 Å². The molecule has 2 aromatic carbocycles. The van der Waals surface area contributed by atoms with Crippen LogP contribution in [0.2, 0.25) is 0 Å². The van der Waals surface area contributed by atoms with Gasteiger partial charge in [0.25, 0.3) is 5.91 Å². The van der Waals surface area contributed by atoms with Crippen LogP contribution in [0.15, 0.2) is 60.9 Å². The molecule has 0 saturated heterocycles. The molecule has 0 aliphatic heterocycles. The van der Waals surface area contributed by atoms with Gasteiger partial charge in [-0.3, -0.25) is 4.79 Å². The Hall–Kier alpha value is -4.59. The average Bonchev–Trinajstić information content (AvgIpc) is 3.10. The van der Waals surface area contributed by atoms with E-state index in [1.54, 1.807) is 30.3 Å². The number of rotatable bonds is 26. The minimum absolute atomic E-state index is 0.232. The van der Waals surface area contributed by atoms with Crippen LogP contribution in [-0.4, -0.2) is 126 Å². The Balaban J connectivity index is 1.19. The summed E-state index contributed by atoms with van der Waals surface area (Å²) < 4.78 is 73.5. The van der Waals surface area contributed by atoms with Crippen LogP contribution in [0, 0.1) is 0 Å². The van der Waals surface area contributed by atoms with Crippen molar-refractivity contribution in [3.63, 3.8) is 0 Å². The summed E-state index contributed by atoms with van der Waals surface area (Å²) in [5, 5.41) is 16.4. The summed E-state index contributed by atoms with van der Waals surface area (Å²) in [4.78, 5) is 31.4. The van der Waals surface area contributed by atoms with Gasteiger partial charge in [-0.25, -0.2) is 14.8 Å². The highest BCUT2D eigenvalue weighted by molar-refractivity contribution is 5.95. The number of hydrogen-bond donors (Lipinski definition) is 4. The Kier molecular flexibility index (Phi) is 19.0. The monoisotopic (exact) mass is 725 g/mol. The largest absolute Gasteiger partial charge is 0.573 e. The highest BCUT2D eigenvalue weighted by atomic mass is 19.4. The van der Waals surface area contributed by atoms with E-state index in [0.29, 0.717) is 108 Å². The Bertz CT molecular complexity index is 1440. The molecule has 1 aromatic heterocycles. The highest BCUT2D eigenvalue weighted by Crippen LogP contribution is 2.26. The van der Waals surface area contributed by atoms with E-state index in [-0.39, 0.29) is 24.8 Å². The van der Waals surface area contributed by atoms with Gasteiger partial charge in [-0.2, -0.15) is 0 Å². The molecular formula is C33H42F3N5O10. The zero-order valence-corrected chi connectivity index (χ0v) is 27.8. The molecule has 0 radical (unpaired) electrons. The summed E-state index contributed by atoms with van der Waals surface area (Å²) in [5.74, 6) is -0.215. The maximum absolute atomic E-state index is 12.7. The molecule has 0 saturated carbocycles. The SMILES string of the molecule is O=C(O)NCCOCCOCCOCCOCCOCCOCCNC(=O)c1cccc(-c2cc(Nc3ccc(OC(F)(F)F)cc3)ncn2)c1. The number of ether oxygens (including phenoxy) is 7. The van der Waals surface area contributed by atoms with E-state index in [9.17, 15) is 22.8 Å². The number of alkyl halides is 3.